The molecule has 2 fully saturated rings. The number of rotatable bonds is 6. The molecule has 0 radical (unpaired) electrons. The molecule has 2 aliphatic heterocycles. The normalized spacial score (nSPS) is 20.5. The summed E-state index contributed by atoms with van der Waals surface area (Å²) in [7, 11) is -2.34. The molecule has 0 amide bonds. The standard InChI is InChI=1S/C23H36N6O2S2/c1-3-27-8-10-29(11-9-27)22-16-18(2)20-17-19(4-5-21(20)26-22)25-23(32)24-6-7-28-12-14-33(30,31)15-13-28/h4-5,16-17,30-31H,3,6-15H2,1-2H3,(H2,24,25,32). The van der Waals surface area contributed by atoms with E-state index in [-0.39, 0.29) is 0 Å². The van der Waals surface area contributed by atoms with E-state index in [1.807, 2.05) is 6.07 Å². The smallest absolute Gasteiger partial charge is 0.170 e. The van der Waals surface area contributed by atoms with E-state index >= 15 is 0 Å². The average molecular weight is 493 g/mol. The predicted octanol–water partition coefficient (Wildman–Crippen LogP) is 3.04. The van der Waals surface area contributed by atoms with Crippen LogP contribution in [0.4, 0.5) is 11.5 Å². The molecule has 2 aromatic rings. The summed E-state index contributed by atoms with van der Waals surface area (Å²) >= 11 is 5.48. The Hall–Kier alpha value is -1.69. The third-order valence-corrected chi connectivity index (χ3v) is 8.51. The van der Waals surface area contributed by atoms with Gasteiger partial charge < -0.3 is 20.4 Å². The van der Waals surface area contributed by atoms with Gasteiger partial charge in [-0.25, -0.2) is 4.98 Å². The fourth-order valence-electron chi connectivity index (χ4n) is 4.40. The number of pyridine rings is 1. The zero-order chi connectivity index (χ0) is 23.4. The maximum atomic E-state index is 9.72. The van der Waals surface area contributed by atoms with Crippen LogP contribution in [0.3, 0.4) is 0 Å². The van der Waals surface area contributed by atoms with Crippen molar-refractivity contribution in [3.63, 3.8) is 0 Å². The fraction of sp³-hybridized carbons (Fsp3) is 0.565. The zero-order valence-corrected chi connectivity index (χ0v) is 21.2. The highest BCUT2D eigenvalue weighted by Crippen LogP contribution is 2.40. The Balaban J connectivity index is 1.31. The second-order valence-corrected chi connectivity index (χ2v) is 11.7. The first-order valence-electron chi connectivity index (χ1n) is 11.7. The molecule has 4 N–H and O–H groups in total. The van der Waals surface area contributed by atoms with Crippen molar-refractivity contribution in [3.05, 3.63) is 29.8 Å². The number of piperazine rings is 1. The second kappa shape index (κ2) is 10.7. The molecular weight excluding hydrogens is 456 g/mol. The Bertz CT molecular complexity index is 971. The third kappa shape index (κ3) is 6.46. The molecule has 33 heavy (non-hydrogen) atoms. The Morgan fingerprint density at radius 1 is 1.06 bits per heavy atom. The molecule has 8 nitrogen and oxygen atoms in total. The van der Waals surface area contributed by atoms with Gasteiger partial charge in [0.25, 0.3) is 0 Å². The van der Waals surface area contributed by atoms with Gasteiger partial charge in [0.2, 0.25) is 0 Å². The minimum atomic E-state index is -2.34. The summed E-state index contributed by atoms with van der Waals surface area (Å²) in [4.78, 5) is 12.0. The van der Waals surface area contributed by atoms with E-state index in [1.54, 1.807) is 0 Å². The second-order valence-electron chi connectivity index (χ2n) is 8.88. The molecule has 10 heteroatoms. The maximum absolute atomic E-state index is 9.72. The molecule has 4 rings (SSSR count). The minimum Gasteiger partial charge on any atom is -0.361 e. The molecule has 0 atom stereocenters. The lowest BCUT2D eigenvalue weighted by atomic mass is 10.1. The first kappa shape index (κ1) is 24.4. The number of thiocarbonyl (C=S) groups is 1. The number of aryl methyl sites for hydroxylation is 1. The van der Waals surface area contributed by atoms with Crippen molar-refractivity contribution < 1.29 is 9.11 Å². The van der Waals surface area contributed by atoms with Crippen LogP contribution >= 0.6 is 22.8 Å². The molecule has 3 heterocycles. The minimum absolute atomic E-state index is 0.469. The molecule has 2 saturated heterocycles. The van der Waals surface area contributed by atoms with Crippen LogP contribution in [-0.2, 0) is 0 Å². The van der Waals surface area contributed by atoms with Gasteiger partial charge in [-0.2, -0.15) is 10.6 Å². The number of anilines is 2. The van der Waals surface area contributed by atoms with Gasteiger partial charge in [-0.05, 0) is 55.5 Å². The van der Waals surface area contributed by atoms with E-state index in [2.05, 4.69) is 57.4 Å². The lowest BCUT2D eigenvalue weighted by Gasteiger charge is -2.41. The van der Waals surface area contributed by atoms with Gasteiger partial charge in [-0.3, -0.25) is 14.0 Å². The van der Waals surface area contributed by atoms with E-state index in [4.69, 9.17) is 17.2 Å². The molecule has 0 bridgehead atoms. The number of aromatic nitrogens is 1. The van der Waals surface area contributed by atoms with Gasteiger partial charge in [0.1, 0.15) is 5.82 Å². The SMILES string of the molecule is CCN1CCN(c2cc(C)c3cc(NC(=S)NCCN4CCS(O)(O)CC4)ccc3n2)CC1. The van der Waals surface area contributed by atoms with Gasteiger partial charge in [0.15, 0.2) is 5.11 Å². The highest BCUT2D eigenvalue weighted by molar-refractivity contribution is 8.24. The van der Waals surface area contributed by atoms with Crippen molar-refractivity contribution in [2.45, 2.75) is 13.8 Å². The fourth-order valence-corrected chi connectivity index (χ4v) is 5.93. The van der Waals surface area contributed by atoms with Crippen LogP contribution in [0.5, 0.6) is 0 Å². The molecule has 0 aliphatic carbocycles. The number of hydrogen-bond acceptors (Lipinski definition) is 7. The van der Waals surface area contributed by atoms with Crippen LogP contribution in [-0.4, -0.2) is 99.4 Å². The Morgan fingerprint density at radius 2 is 1.79 bits per heavy atom. The summed E-state index contributed by atoms with van der Waals surface area (Å²) in [6.07, 6.45) is 0. The van der Waals surface area contributed by atoms with Gasteiger partial charge >= 0.3 is 0 Å². The highest BCUT2D eigenvalue weighted by Gasteiger charge is 2.21. The quantitative estimate of drug-likeness (QED) is 0.455. The molecule has 182 valence electrons. The van der Waals surface area contributed by atoms with E-state index in [0.29, 0.717) is 23.2 Å². The van der Waals surface area contributed by atoms with Crippen molar-refractivity contribution in [2.75, 3.05) is 80.6 Å². The Kier molecular flexibility index (Phi) is 7.93. The van der Waals surface area contributed by atoms with Gasteiger partial charge in [0.05, 0.1) is 17.0 Å². The maximum Gasteiger partial charge on any atom is 0.170 e. The Morgan fingerprint density at radius 3 is 2.48 bits per heavy atom. The van der Waals surface area contributed by atoms with Crippen molar-refractivity contribution in [1.82, 2.24) is 20.1 Å². The molecule has 2 aliphatic rings. The van der Waals surface area contributed by atoms with Crippen LogP contribution in [0.1, 0.15) is 12.5 Å². The van der Waals surface area contributed by atoms with Crippen molar-refractivity contribution in [2.24, 2.45) is 0 Å². The predicted molar refractivity (Wildman–Crippen MR) is 144 cm³/mol. The van der Waals surface area contributed by atoms with Crippen LogP contribution in [0.15, 0.2) is 24.3 Å². The van der Waals surface area contributed by atoms with E-state index in [0.717, 1.165) is 74.8 Å². The van der Waals surface area contributed by atoms with Crippen molar-refractivity contribution in [3.8, 4) is 0 Å². The summed E-state index contributed by atoms with van der Waals surface area (Å²) < 4.78 is 19.4. The van der Waals surface area contributed by atoms with Gasteiger partial charge in [-0.15, -0.1) is 0 Å². The average Bonchev–Trinajstić information content (AvgIpc) is 2.80. The zero-order valence-electron chi connectivity index (χ0n) is 19.6. The molecule has 1 aromatic heterocycles. The van der Waals surface area contributed by atoms with Gasteiger partial charge in [0, 0.05) is 63.4 Å². The van der Waals surface area contributed by atoms with Crippen LogP contribution in [0.2, 0.25) is 0 Å². The number of nitrogens with one attached hydrogen (secondary N) is 2. The Labute approximate surface area is 203 Å². The van der Waals surface area contributed by atoms with E-state index in [1.165, 1.54) is 5.56 Å². The van der Waals surface area contributed by atoms with Crippen molar-refractivity contribution >= 4 is 50.3 Å². The summed E-state index contributed by atoms with van der Waals surface area (Å²) in [6, 6.07) is 8.39. The van der Waals surface area contributed by atoms with E-state index < -0.39 is 10.6 Å². The monoisotopic (exact) mass is 492 g/mol. The highest BCUT2D eigenvalue weighted by atomic mass is 32.3. The molecule has 1 aromatic carbocycles. The van der Waals surface area contributed by atoms with Crippen LogP contribution in [0, 0.1) is 6.92 Å². The van der Waals surface area contributed by atoms with Crippen LogP contribution < -0.4 is 15.5 Å². The first-order chi connectivity index (χ1) is 15.8. The lowest BCUT2D eigenvalue weighted by molar-refractivity contribution is 0.270. The summed E-state index contributed by atoms with van der Waals surface area (Å²) in [6.45, 7) is 12.7. The van der Waals surface area contributed by atoms with Gasteiger partial charge in [-0.1, -0.05) is 6.92 Å². The van der Waals surface area contributed by atoms with Crippen LogP contribution in [0.25, 0.3) is 10.9 Å². The number of likely N-dealkylation sites (N-methyl/N-ethyl adjacent to an activating group) is 1. The molecule has 0 unspecified atom stereocenters. The summed E-state index contributed by atoms with van der Waals surface area (Å²) in [5, 5.41) is 8.26. The van der Waals surface area contributed by atoms with E-state index in [9.17, 15) is 9.11 Å². The van der Waals surface area contributed by atoms with Crippen molar-refractivity contribution in [1.29, 1.82) is 0 Å². The number of benzene rings is 1. The molecule has 0 spiro atoms. The number of hydrogen-bond donors (Lipinski definition) is 4. The largest absolute Gasteiger partial charge is 0.361 e. The topological polar surface area (TPSA) is 87.1 Å². The number of nitrogens with zero attached hydrogens (tertiary/aromatic N) is 4. The lowest BCUT2D eigenvalue weighted by Crippen LogP contribution is -2.46. The summed E-state index contributed by atoms with van der Waals surface area (Å²) in [5.41, 5.74) is 3.16. The molecule has 0 saturated carbocycles. The first-order valence-corrected chi connectivity index (χ1v) is 14.0. The summed E-state index contributed by atoms with van der Waals surface area (Å²) in [5.74, 6) is 2.00. The third-order valence-electron chi connectivity index (χ3n) is 6.59. The number of fused-ring (bicyclic) bond motifs is 1. The molecular formula is C23H36N6O2S2.